The lowest BCUT2D eigenvalue weighted by atomic mass is 10.7. The van der Waals surface area contributed by atoms with Gasteiger partial charge >= 0.3 is 6.04 Å². The number of carbonyl (C=O) groups is 1. The van der Waals surface area contributed by atoms with E-state index < -0.39 is 6.04 Å². The van der Waals surface area contributed by atoms with Crippen molar-refractivity contribution >= 4 is 6.04 Å². The molecule has 1 N–H and O–H groups in total. The molecular formula is C3H6FNO. The van der Waals surface area contributed by atoms with Gasteiger partial charge in [0.05, 0.1) is 6.54 Å². The van der Waals surface area contributed by atoms with Crippen LogP contribution in [0.15, 0.2) is 0 Å². The maximum Gasteiger partial charge on any atom is 0.315 e. The van der Waals surface area contributed by atoms with E-state index in [9.17, 15) is 9.18 Å². The quantitative estimate of drug-likeness (QED) is 0.473. The summed E-state index contributed by atoms with van der Waals surface area (Å²) in [6, 6.07) is -1.32. The molecule has 0 radical (unpaired) electrons. The topological polar surface area (TPSA) is 29.1 Å². The van der Waals surface area contributed by atoms with Gasteiger partial charge in [-0.1, -0.05) is 0 Å². The summed E-state index contributed by atoms with van der Waals surface area (Å²) in [6.07, 6.45) is 0. The van der Waals surface area contributed by atoms with Crippen LogP contribution in [0.3, 0.4) is 0 Å². The Morgan fingerprint density at radius 1 is 2.00 bits per heavy atom. The molecule has 0 fully saturated rings. The van der Waals surface area contributed by atoms with Crippen LogP contribution in [-0.2, 0) is 4.79 Å². The van der Waals surface area contributed by atoms with E-state index in [-0.39, 0.29) is 6.54 Å². The molecule has 0 rings (SSSR count). The molecule has 0 atom stereocenters. The molecule has 0 saturated heterocycles. The van der Waals surface area contributed by atoms with Crippen molar-refractivity contribution in [2.75, 3.05) is 13.6 Å². The number of carbonyl (C=O) groups excluding carboxylic acids is 1. The third-order valence-electron chi connectivity index (χ3n) is 0.316. The molecule has 0 heterocycles. The zero-order valence-electron chi connectivity index (χ0n) is 3.49. The lowest BCUT2D eigenvalue weighted by Crippen LogP contribution is -2.13. The highest BCUT2D eigenvalue weighted by atomic mass is 19.1. The van der Waals surface area contributed by atoms with Crippen molar-refractivity contribution in [2.45, 2.75) is 0 Å². The average Bonchev–Trinajstić information content (AvgIpc) is 1.35. The predicted octanol–water partition coefficient (Wildman–Crippen LogP) is -0.298. The van der Waals surface area contributed by atoms with Crippen LogP contribution in [0.4, 0.5) is 4.39 Å². The Morgan fingerprint density at radius 2 is 2.50 bits per heavy atom. The summed E-state index contributed by atoms with van der Waals surface area (Å²) in [5.74, 6) is 0. The van der Waals surface area contributed by atoms with E-state index in [1.54, 1.807) is 0 Å². The fraction of sp³-hybridized carbons (Fsp3) is 0.667. The normalized spacial score (nSPS) is 8.33. The Kier molecular flexibility index (Phi) is 2.58. The molecule has 0 aromatic carbocycles. The van der Waals surface area contributed by atoms with Gasteiger partial charge in [-0.2, -0.15) is 4.39 Å². The van der Waals surface area contributed by atoms with Gasteiger partial charge in [-0.15, -0.1) is 0 Å². The van der Waals surface area contributed by atoms with Crippen LogP contribution in [-0.4, -0.2) is 19.6 Å². The second kappa shape index (κ2) is 2.78. The van der Waals surface area contributed by atoms with E-state index >= 15 is 0 Å². The Balaban J connectivity index is 2.83. The second-order valence-corrected chi connectivity index (χ2v) is 0.885. The second-order valence-electron chi connectivity index (χ2n) is 0.885. The molecule has 0 saturated carbocycles. The Labute approximate surface area is 35.3 Å². The lowest BCUT2D eigenvalue weighted by Gasteiger charge is -1.81. The Hall–Kier alpha value is -0.440. The highest BCUT2D eigenvalue weighted by Crippen LogP contribution is 1.63. The fourth-order valence-electron chi connectivity index (χ4n) is 0.139. The first-order chi connectivity index (χ1) is 2.77. The summed E-state index contributed by atoms with van der Waals surface area (Å²) >= 11 is 0. The zero-order chi connectivity index (χ0) is 4.99. The van der Waals surface area contributed by atoms with Gasteiger partial charge in [0.1, 0.15) is 0 Å². The minimum absolute atomic E-state index is 0.181. The molecule has 0 bridgehead atoms. The van der Waals surface area contributed by atoms with Crippen molar-refractivity contribution in [3.8, 4) is 0 Å². The van der Waals surface area contributed by atoms with Crippen molar-refractivity contribution < 1.29 is 9.18 Å². The van der Waals surface area contributed by atoms with Gasteiger partial charge in [-0.05, 0) is 7.05 Å². The number of halogens is 1. The van der Waals surface area contributed by atoms with E-state index in [0.717, 1.165) is 0 Å². The van der Waals surface area contributed by atoms with Crippen LogP contribution >= 0.6 is 0 Å². The lowest BCUT2D eigenvalue weighted by molar-refractivity contribution is -0.128. The van der Waals surface area contributed by atoms with Crippen LogP contribution < -0.4 is 5.32 Å². The third-order valence-corrected chi connectivity index (χ3v) is 0.316. The summed E-state index contributed by atoms with van der Waals surface area (Å²) in [7, 11) is 1.51. The SMILES string of the molecule is CNCC(=O)F. The minimum Gasteiger partial charge on any atom is -0.311 e. The summed E-state index contributed by atoms with van der Waals surface area (Å²) in [5, 5.41) is 2.34. The van der Waals surface area contributed by atoms with Crippen molar-refractivity contribution in [3.05, 3.63) is 0 Å². The smallest absolute Gasteiger partial charge is 0.311 e. The van der Waals surface area contributed by atoms with Crippen LogP contribution in [0.5, 0.6) is 0 Å². The van der Waals surface area contributed by atoms with Gasteiger partial charge in [-0.25, -0.2) is 0 Å². The molecule has 0 aromatic rings. The minimum atomic E-state index is -1.32. The number of hydrogen-bond donors (Lipinski definition) is 1. The van der Waals surface area contributed by atoms with E-state index in [4.69, 9.17) is 0 Å². The van der Waals surface area contributed by atoms with Gasteiger partial charge in [0, 0.05) is 0 Å². The van der Waals surface area contributed by atoms with E-state index in [2.05, 4.69) is 5.32 Å². The van der Waals surface area contributed by atoms with Crippen molar-refractivity contribution in [2.24, 2.45) is 0 Å². The maximum atomic E-state index is 11.0. The zero-order valence-corrected chi connectivity index (χ0v) is 3.49. The number of nitrogens with one attached hydrogen (secondary N) is 1. The van der Waals surface area contributed by atoms with Crippen LogP contribution in [0.2, 0.25) is 0 Å². The number of likely N-dealkylation sites (N-methyl/N-ethyl adjacent to an activating group) is 1. The largest absolute Gasteiger partial charge is 0.315 e. The van der Waals surface area contributed by atoms with Crippen LogP contribution in [0, 0.1) is 0 Å². The molecule has 0 aliphatic carbocycles. The summed E-state index contributed by atoms with van der Waals surface area (Å²) in [5.41, 5.74) is 0. The molecule has 3 heteroatoms. The maximum absolute atomic E-state index is 11.0. The van der Waals surface area contributed by atoms with Crippen molar-refractivity contribution in [1.29, 1.82) is 0 Å². The molecule has 6 heavy (non-hydrogen) atoms. The first-order valence-corrected chi connectivity index (χ1v) is 1.60. The van der Waals surface area contributed by atoms with Crippen molar-refractivity contribution in [3.63, 3.8) is 0 Å². The molecule has 0 amide bonds. The predicted molar refractivity (Wildman–Crippen MR) is 20.0 cm³/mol. The monoisotopic (exact) mass is 91.0 g/mol. The molecule has 0 aliphatic heterocycles. The van der Waals surface area contributed by atoms with E-state index in [1.807, 2.05) is 0 Å². The summed E-state index contributed by atoms with van der Waals surface area (Å²) in [6.45, 7) is -0.181. The molecule has 0 aliphatic rings. The van der Waals surface area contributed by atoms with Gasteiger partial charge in [-0.3, -0.25) is 4.79 Å². The standard InChI is InChI=1S/C3H6FNO/c1-5-2-3(4)6/h5H,2H2,1H3. The number of hydrogen-bond acceptors (Lipinski definition) is 2. The first kappa shape index (κ1) is 5.56. The molecule has 0 unspecified atom stereocenters. The summed E-state index contributed by atoms with van der Waals surface area (Å²) in [4.78, 5) is 9.31. The average molecular weight is 91.1 g/mol. The third kappa shape index (κ3) is 3.56. The molecular weight excluding hydrogens is 85.0 g/mol. The Bertz CT molecular complexity index is 54.8. The van der Waals surface area contributed by atoms with Gasteiger partial charge in [0.25, 0.3) is 0 Å². The highest BCUT2D eigenvalue weighted by Gasteiger charge is 1.88. The Morgan fingerprint density at radius 3 is 2.50 bits per heavy atom. The van der Waals surface area contributed by atoms with E-state index in [1.165, 1.54) is 7.05 Å². The van der Waals surface area contributed by atoms with E-state index in [0.29, 0.717) is 0 Å². The van der Waals surface area contributed by atoms with Gasteiger partial charge < -0.3 is 5.32 Å². The first-order valence-electron chi connectivity index (χ1n) is 1.60. The van der Waals surface area contributed by atoms with Crippen LogP contribution in [0.1, 0.15) is 0 Å². The molecule has 0 spiro atoms. The van der Waals surface area contributed by atoms with Crippen LogP contribution in [0.25, 0.3) is 0 Å². The fourth-order valence-corrected chi connectivity index (χ4v) is 0.139. The highest BCUT2D eigenvalue weighted by molar-refractivity contribution is 5.69. The molecule has 0 aromatic heterocycles. The van der Waals surface area contributed by atoms with Gasteiger partial charge in [0.15, 0.2) is 0 Å². The molecule has 36 valence electrons. The molecule has 2 nitrogen and oxygen atoms in total. The summed E-state index contributed by atoms with van der Waals surface area (Å²) < 4.78 is 11.0. The number of rotatable bonds is 2. The van der Waals surface area contributed by atoms with Gasteiger partial charge in [0.2, 0.25) is 0 Å². The van der Waals surface area contributed by atoms with Crippen molar-refractivity contribution in [1.82, 2.24) is 5.32 Å².